The van der Waals surface area contributed by atoms with E-state index in [0.29, 0.717) is 17.2 Å². The summed E-state index contributed by atoms with van der Waals surface area (Å²) < 4.78 is 0.808. The normalized spacial score (nSPS) is 14.9. The van der Waals surface area contributed by atoms with E-state index in [2.05, 4.69) is 29.8 Å². The van der Waals surface area contributed by atoms with E-state index in [1.165, 1.54) is 12.8 Å². The first kappa shape index (κ1) is 13.4. The molecule has 1 aliphatic rings. The average Bonchev–Trinajstić information content (AvgIpc) is 3.12. The fourth-order valence-electron chi connectivity index (χ4n) is 1.97. The largest absolute Gasteiger partial charge is 0.399 e. The Morgan fingerprint density at radius 1 is 1.50 bits per heavy atom. The third-order valence-corrected chi connectivity index (χ3v) is 3.95. The summed E-state index contributed by atoms with van der Waals surface area (Å²) in [6.45, 7) is 4.97. The second kappa shape index (κ2) is 5.31. The van der Waals surface area contributed by atoms with Crippen LogP contribution in [0.3, 0.4) is 0 Å². The Hall–Kier alpha value is -1.03. The average molecular weight is 311 g/mol. The van der Waals surface area contributed by atoms with Crippen molar-refractivity contribution in [2.45, 2.75) is 32.7 Å². The van der Waals surface area contributed by atoms with Crippen molar-refractivity contribution in [3.8, 4) is 0 Å². The fourth-order valence-corrected chi connectivity index (χ4v) is 2.38. The van der Waals surface area contributed by atoms with Crippen LogP contribution in [0.2, 0.25) is 0 Å². The van der Waals surface area contributed by atoms with Crippen molar-refractivity contribution in [2.24, 2.45) is 5.92 Å². The monoisotopic (exact) mass is 310 g/mol. The van der Waals surface area contributed by atoms with Crippen LogP contribution in [-0.4, -0.2) is 23.4 Å². The summed E-state index contributed by atoms with van der Waals surface area (Å²) in [6, 6.07) is 5.58. The Bertz CT molecular complexity index is 455. The molecule has 4 heteroatoms. The van der Waals surface area contributed by atoms with Crippen molar-refractivity contribution in [3.63, 3.8) is 0 Å². The van der Waals surface area contributed by atoms with Crippen LogP contribution >= 0.6 is 15.9 Å². The van der Waals surface area contributed by atoms with Crippen LogP contribution in [0.15, 0.2) is 22.7 Å². The summed E-state index contributed by atoms with van der Waals surface area (Å²) in [5, 5.41) is 0. The minimum Gasteiger partial charge on any atom is -0.399 e. The van der Waals surface area contributed by atoms with Crippen molar-refractivity contribution in [2.75, 3.05) is 12.3 Å². The number of hydrogen-bond acceptors (Lipinski definition) is 2. The van der Waals surface area contributed by atoms with Gasteiger partial charge in [-0.3, -0.25) is 4.79 Å². The third-order valence-electron chi connectivity index (χ3n) is 3.26. The number of rotatable bonds is 4. The zero-order valence-electron chi connectivity index (χ0n) is 10.8. The van der Waals surface area contributed by atoms with Crippen LogP contribution in [0.1, 0.15) is 37.0 Å². The van der Waals surface area contributed by atoms with Gasteiger partial charge in [-0.05, 0) is 66.7 Å². The summed E-state index contributed by atoms with van der Waals surface area (Å²) in [5.41, 5.74) is 7.04. The molecule has 0 atom stereocenters. The smallest absolute Gasteiger partial charge is 0.255 e. The molecule has 1 amide bonds. The second-order valence-corrected chi connectivity index (χ2v) is 6.09. The SMILES string of the molecule is CC(C)N(CC1CC1)C(=O)c1cc(N)ccc1Br. The summed E-state index contributed by atoms with van der Waals surface area (Å²) in [4.78, 5) is 14.5. The topological polar surface area (TPSA) is 46.3 Å². The maximum Gasteiger partial charge on any atom is 0.255 e. The number of hydrogen-bond donors (Lipinski definition) is 1. The van der Waals surface area contributed by atoms with E-state index in [1.807, 2.05) is 11.0 Å². The summed E-state index contributed by atoms with van der Waals surface area (Å²) in [5.74, 6) is 0.757. The third kappa shape index (κ3) is 3.05. The highest BCUT2D eigenvalue weighted by molar-refractivity contribution is 9.10. The van der Waals surface area contributed by atoms with Gasteiger partial charge in [0.25, 0.3) is 5.91 Å². The number of carbonyl (C=O) groups excluding carboxylic acids is 1. The minimum absolute atomic E-state index is 0.0658. The molecule has 0 heterocycles. The lowest BCUT2D eigenvalue weighted by Gasteiger charge is -2.27. The lowest BCUT2D eigenvalue weighted by atomic mass is 10.1. The van der Waals surface area contributed by atoms with E-state index >= 15 is 0 Å². The van der Waals surface area contributed by atoms with Gasteiger partial charge in [-0.2, -0.15) is 0 Å². The van der Waals surface area contributed by atoms with Crippen LogP contribution in [-0.2, 0) is 0 Å². The molecule has 0 radical (unpaired) electrons. The van der Waals surface area contributed by atoms with Crippen molar-refractivity contribution < 1.29 is 4.79 Å². The van der Waals surface area contributed by atoms with E-state index < -0.39 is 0 Å². The highest BCUT2D eigenvalue weighted by atomic mass is 79.9. The van der Waals surface area contributed by atoms with E-state index in [0.717, 1.165) is 11.0 Å². The zero-order valence-corrected chi connectivity index (χ0v) is 12.4. The lowest BCUT2D eigenvalue weighted by Crippen LogP contribution is -2.38. The second-order valence-electron chi connectivity index (χ2n) is 5.23. The van der Waals surface area contributed by atoms with Gasteiger partial charge < -0.3 is 10.6 Å². The number of anilines is 1. The van der Waals surface area contributed by atoms with Gasteiger partial charge in [0.15, 0.2) is 0 Å². The van der Waals surface area contributed by atoms with Gasteiger partial charge in [0.2, 0.25) is 0 Å². The first-order chi connectivity index (χ1) is 8.49. The zero-order chi connectivity index (χ0) is 13.3. The molecular formula is C14H19BrN2O. The number of nitrogens with two attached hydrogens (primary N) is 1. The summed E-state index contributed by atoms with van der Waals surface area (Å²) in [7, 11) is 0. The first-order valence-corrected chi connectivity index (χ1v) is 7.14. The molecule has 0 bridgehead atoms. The number of carbonyl (C=O) groups is 1. The highest BCUT2D eigenvalue weighted by Gasteiger charge is 2.29. The molecule has 1 saturated carbocycles. The molecule has 0 aromatic heterocycles. The van der Waals surface area contributed by atoms with Gasteiger partial charge in [0.05, 0.1) is 5.56 Å². The van der Waals surface area contributed by atoms with Crippen LogP contribution in [0.5, 0.6) is 0 Å². The van der Waals surface area contributed by atoms with Gasteiger partial charge >= 0.3 is 0 Å². The molecule has 1 aromatic rings. The highest BCUT2D eigenvalue weighted by Crippen LogP contribution is 2.31. The van der Waals surface area contributed by atoms with Crippen LogP contribution in [0, 0.1) is 5.92 Å². The van der Waals surface area contributed by atoms with Gasteiger partial charge in [-0.25, -0.2) is 0 Å². The quantitative estimate of drug-likeness (QED) is 0.867. The molecule has 18 heavy (non-hydrogen) atoms. The first-order valence-electron chi connectivity index (χ1n) is 6.35. The predicted molar refractivity (Wildman–Crippen MR) is 77.5 cm³/mol. The lowest BCUT2D eigenvalue weighted by molar-refractivity contribution is 0.0695. The van der Waals surface area contributed by atoms with E-state index in [-0.39, 0.29) is 11.9 Å². The van der Waals surface area contributed by atoms with E-state index in [4.69, 9.17) is 5.73 Å². The number of amides is 1. The Balaban J connectivity index is 2.23. The van der Waals surface area contributed by atoms with Crippen molar-refractivity contribution in [3.05, 3.63) is 28.2 Å². The van der Waals surface area contributed by atoms with Crippen LogP contribution in [0.25, 0.3) is 0 Å². The molecule has 1 aliphatic carbocycles. The Morgan fingerprint density at radius 2 is 2.17 bits per heavy atom. The van der Waals surface area contributed by atoms with Gasteiger partial charge in [0.1, 0.15) is 0 Å². The molecule has 3 nitrogen and oxygen atoms in total. The predicted octanol–water partition coefficient (Wildman–Crippen LogP) is 3.29. The summed E-state index contributed by atoms with van der Waals surface area (Å²) in [6.07, 6.45) is 2.49. The Labute approximate surface area is 116 Å². The molecule has 98 valence electrons. The van der Waals surface area contributed by atoms with Crippen LogP contribution in [0.4, 0.5) is 5.69 Å². The number of nitrogens with zero attached hydrogens (tertiary/aromatic N) is 1. The van der Waals surface area contributed by atoms with Gasteiger partial charge in [0, 0.05) is 22.7 Å². The molecule has 1 fully saturated rings. The molecule has 1 aromatic carbocycles. The fraction of sp³-hybridized carbons (Fsp3) is 0.500. The maximum atomic E-state index is 12.6. The number of halogens is 1. The standard InChI is InChI=1S/C14H19BrN2O/c1-9(2)17(8-10-3-4-10)14(18)12-7-11(16)5-6-13(12)15/h5-7,9-10H,3-4,8,16H2,1-2H3. The van der Waals surface area contributed by atoms with Gasteiger partial charge in [-0.1, -0.05) is 0 Å². The summed E-state index contributed by atoms with van der Waals surface area (Å²) >= 11 is 3.43. The maximum absolute atomic E-state index is 12.6. The molecule has 2 rings (SSSR count). The molecule has 0 unspecified atom stereocenters. The molecule has 0 saturated heterocycles. The van der Waals surface area contributed by atoms with E-state index in [9.17, 15) is 4.79 Å². The Kier molecular flexibility index (Phi) is 3.95. The van der Waals surface area contributed by atoms with Crippen molar-refractivity contribution in [1.29, 1.82) is 0 Å². The molecular weight excluding hydrogens is 292 g/mol. The van der Waals surface area contributed by atoms with Gasteiger partial charge in [-0.15, -0.1) is 0 Å². The van der Waals surface area contributed by atoms with Crippen LogP contribution < -0.4 is 5.73 Å². The minimum atomic E-state index is 0.0658. The van der Waals surface area contributed by atoms with E-state index in [1.54, 1.807) is 12.1 Å². The molecule has 0 spiro atoms. The number of nitrogen functional groups attached to an aromatic ring is 1. The molecule has 2 N–H and O–H groups in total. The van der Waals surface area contributed by atoms with Crippen molar-refractivity contribution >= 4 is 27.5 Å². The molecule has 0 aliphatic heterocycles. The number of benzene rings is 1. The Morgan fingerprint density at radius 3 is 2.72 bits per heavy atom. The van der Waals surface area contributed by atoms with Crippen molar-refractivity contribution in [1.82, 2.24) is 4.90 Å².